The average Bonchev–Trinajstić information content (AvgIpc) is 3.89. The number of rotatable bonds is 6. The van der Waals surface area contributed by atoms with Gasteiger partial charge in [0.25, 0.3) is 0 Å². The Morgan fingerprint density at radius 2 is 1.18 bits per heavy atom. The number of fused-ring (bicyclic) bond motifs is 8. The van der Waals surface area contributed by atoms with E-state index in [1.807, 2.05) is 0 Å². The lowest BCUT2D eigenvalue weighted by Crippen LogP contribution is -2.25. The van der Waals surface area contributed by atoms with Crippen molar-refractivity contribution in [2.75, 3.05) is 10.2 Å². The molecule has 3 aliphatic rings. The van der Waals surface area contributed by atoms with Crippen molar-refractivity contribution in [1.82, 2.24) is 4.57 Å². The second-order valence-corrected chi connectivity index (χ2v) is 17.6. The zero-order chi connectivity index (χ0) is 43.0. The highest BCUT2D eigenvalue weighted by molar-refractivity contribution is 6.11. The van der Waals surface area contributed by atoms with Crippen molar-refractivity contribution in [2.24, 2.45) is 10.9 Å². The van der Waals surface area contributed by atoms with Gasteiger partial charge < -0.3 is 14.8 Å². The highest BCUT2D eigenvalue weighted by atomic mass is 15.2. The molecule has 4 nitrogen and oxygen atoms in total. The Kier molecular flexibility index (Phi) is 8.60. The fourth-order valence-electron chi connectivity index (χ4n) is 11.0. The van der Waals surface area contributed by atoms with E-state index in [0.29, 0.717) is 0 Å². The zero-order valence-corrected chi connectivity index (χ0v) is 35.9. The molecule has 3 unspecified atom stereocenters. The first-order valence-corrected chi connectivity index (χ1v) is 22.7. The van der Waals surface area contributed by atoms with Crippen LogP contribution in [0, 0.1) is 5.92 Å². The van der Waals surface area contributed by atoms with E-state index < -0.39 is 0 Å². The van der Waals surface area contributed by atoms with Gasteiger partial charge in [0.2, 0.25) is 0 Å². The maximum atomic E-state index is 5.28. The maximum absolute atomic E-state index is 5.28. The van der Waals surface area contributed by atoms with Gasteiger partial charge in [-0.3, -0.25) is 0 Å². The summed E-state index contributed by atoms with van der Waals surface area (Å²) < 4.78 is 2.39. The van der Waals surface area contributed by atoms with Crippen LogP contribution in [0.25, 0.3) is 55.0 Å². The highest BCUT2D eigenvalue weighted by Crippen LogP contribution is 2.56. The van der Waals surface area contributed by atoms with Crippen molar-refractivity contribution in [3.63, 3.8) is 0 Å². The number of nitrogens with one attached hydrogen (secondary N) is 1. The quantitative estimate of drug-likeness (QED) is 0.181. The molecular formula is C61H44N4. The van der Waals surface area contributed by atoms with Gasteiger partial charge in [-0.05, 0) is 128 Å². The Hall–Kier alpha value is -8.21. The van der Waals surface area contributed by atoms with Crippen molar-refractivity contribution in [3.8, 4) is 16.8 Å². The largest absolute Gasteiger partial charge is 0.371 e. The lowest BCUT2D eigenvalue weighted by atomic mass is 9.75. The predicted octanol–water partition coefficient (Wildman–Crippen LogP) is 15.7. The fraction of sp³-hybridized carbons (Fsp3) is 0.0656. The second kappa shape index (κ2) is 15.0. The summed E-state index contributed by atoms with van der Waals surface area (Å²) in [7, 11) is 0. The van der Waals surface area contributed by atoms with E-state index in [1.54, 1.807) is 0 Å². The molecule has 0 saturated heterocycles. The molecule has 9 aromatic carbocycles. The first-order valence-electron chi connectivity index (χ1n) is 22.7. The molecule has 1 aromatic heterocycles. The van der Waals surface area contributed by atoms with Crippen LogP contribution in [0.3, 0.4) is 0 Å². The van der Waals surface area contributed by atoms with E-state index in [1.165, 1.54) is 83.0 Å². The van der Waals surface area contributed by atoms with Crippen molar-refractivity contribution in [2.45, 2.75) is 18.9 Å². The Bertz CT molecular complexity index is 3590. The van der Waals surface area contributed by atoms with Gasteiger partial charge in [-0.15, -0.1) is 0 Å². The predicted molar refractivity (Wildman–Crippen MR) is 272 cm³/mol. The zero-order valence-electron chi connectivity index (χ0n) is 35.9. The molecule has 3 atom stereocenters. The summed E-state index contributed by atoms with van der Waals surface area (Å²) in [5.74, 6) is 0.373. The molecule has 0 amide bonds. The molecule has 0 fully saturated rings. The summed E-state index contributed by atoms with van der Waals surface area (Å²) in [6, 6.07) is 77.2. The minimum atomic E-state index is -0.0686. The smallest absolute Gasteiger partial charge is 0.0947 e. The average molecular weight is 833 g/mol. The van der Waals surface area contributed by atoms with Crippen molar-refractivity contribution < 1.29 is 0 Å². The molecule has 0 spiro atoms. The molecule has 3 heterocycles. The fourth-order valence-corrected chi connectivity index (χ4v) is 11.0. The number of aromatic nitrogens is 1. The lowest BCUT2D eigenvalue weighted by Gasteiger charge is -2.31. The topological polar surface area (TPSA) is 32.6 Å². The van der Waals surface area contributed by atoms with Crippen LogP contribution in [0.5, 0.6) is 0 Å². The Morgan fingerprint density at radius 3 is 2.05 bits per heavy atom. The van der Waals surface area contributed by atoms with E-state index in [-0.39, 0.29) is 17.9 Å². The summed E-state index contributed by atoms with van der Waals surface area (Å²) in [5.41, 5.74) is 19.1. The summed E-state index contributed by atoms with van der Waals surface area (Å²) in [6.07, 6.45) is 4.77. The van der Waals surface area contributed by atoms with Gasteiger partial charge in [-0.25, -0.2) is 4.99 Å². The minimum absolute atomic E-state index is 0.0686. The van der Waals surface area contributed by atoms with Crippen LogP contribution >= 0.6 is 0 Å². The molecule has 0 saturated carbocycles. The standard InChI is InChI=1S/C61H44N4/c1-39-47(49-23-14-18-40-15-8-9-21-48(40)49)33-36-58-59(39)52-38-44(43-29-34-56-51(37-43)50-22-10-13-26-55(50)64(56)45-19-6-3-7-20-45)30-35-57(52)65(58)46-31-27-42(28-32-46)61-60(41-16-4-2-5-17-41)62-53-24-11-12-25-54(53)63-61/h2-39,59-60,62H,1H3. The van der Waals surface area contributed by atoms with Crippen molar-refractivity contribution in [1.29, 1.82) is 0 Å². The van der Waals surface area contributed by atoms with Gasteiger partial charge in [0, 0.05) is 39.4 Å². The highest BCUT2D eigenvalue weighted by Gasteiger charge is 2.41. The number of anilines is 3. The van der Waals surface area contributed by atoms with Crippen LogP contribution in [-0.4, -0.2) is 10.3 Å². The van der Waals surface area contributed by atoms with Crippen molar-refractivity contribution in [3.05, 3.63) is 252 Å². The summed E-state index contributed by atoms with van der Waals surface area (Å²) in [5, 5.41) is 8.88. The molecule has 308 valence electrons. The summed E-state index contributed by atoms with van der Waals surface area (Å²) in [4.78, 5) is 7.78. The van der Waals surface area contributed by atoms with Gasteiger partial charge in [-0.1, -0.05) is 159 Å². The van der Waals surface area contributed by atoms with Crippen LogP contribution < -0.4 is 10.2 Å². The molecule has 13 rings (SSSR count). The number of allylic oxidation sites excluding steroid dienone is 4. The first-order chi connectivity index (χ1) is 32.2. The third-order valence-electron chi connectivity index (χ3n) is 14.0. The molecule has 0 bridgehead atoms. The van der Waals surface area contributed by atoms with Crippen molar-refractivity contribution >= 4 is 66.6 Å². The van der Waals surface area contributed by atoms with Gasteiger partial charge in [0.1, 0.15) is 0 Å². The van der Waals surface area contributed by atoms with Gasteiger partial charge >= 0.3 is 0 Å². The van der Waals surface area contributed by atoms with Gasteiger partial charge in [0.15, 0.2) is 0 Å². The summed E-state index contributed by atoms with van der Waals surface area (Å²) >= 11 is 0. The molecule has 1 aliphatic carbocycles. The third-order valence-corrected chi connectivity index (χ3v) is 14.0. The first kappa shape index (κ1) is 37.4. The second-order valence-electron chi connectivity index (χ2n) is 17.6. The van der Waals surface area contributed by atoms with Gasteiger partial charge in [0.05, 0.1) is 34.2 Å². The van der Waals surface area contributed by atoms with Crippen LogP contribution in [-0.2, 0) is 0 Å². The number of aliphatic imine (C=N–C) groups is 1. The van der Waals surface area contributed by atoms with Crippen LogP contribution in [0.4, 0.5) is 22.7 Å². The van der Waals surface area contributed by atoms with E-state index >= 15 is 0 Å². The van der Waals surface area contributed by atoms with Crippen LogP contribution in [0.1, 0.15) is 41.1 Å². The normalized spacial score (nSPS) is 17.5. The minimum Gasteiger partial charge on any atom is -0.371 e. The molecule has 10 aromatic rings. The molecular weight excluding hydrogens is 789 g/mol. The SMILES string of the molecule is CC1C(c2cccc3ccccc23)=CC=C2C1c1cc(-c3ccc4c(c3)c3ccccc3n4-c3ccccc3)ccc1N2c1ccc(C2=Nc3ccccc3NC2c2ccccc2)cc1. The van der Waals surface area contributed by atoms with Crippen LogP contribution in [0.15, 0.2) is 235 Å². The number of nitrogens with zero attached hydrogens (tertiary/aromatic N) is 3. The number of para-hydroxylation sites is 4. The summed E-state index contributed by atoms with van der Waals surface area (Å²) in [6.45, 7) is 2.43. The van der Waals surface area contributed by atoms with E-state index in [4.69, 9.17) is 4.99 Å². The molecule has 0 radical (unpaired) electrons. The van der Waals surface area contributed by atoms with E-state index in [9.17, 15) is 0 Å². The third kappa shape index (κ3) is 6.02. The maximum Gasteiger partial charge on any atom is 0.0947 e. The molecule has 2 aliphatic heterocycles. The molecule has 1 N–H and O–H groups in total. The lowest BCUT2D eigenvalue weighted by molar-refractivity contribution is 0.636. The molecule has 4 heteroatoms. The Balaban J connectivity index is 0.941. The number of benzene rings is 9. The molecule has 65 heavy (non-hydrogen) atoms. The van der Waals surface area contributed by atoms with E-state index in [2.05, 4.69) is 246 Å². The Morgan fingerprint density at radius 1 is 0.508 bits per heavy atom. The monoisotopic (exact) mass is 832 g/mol. The number of hydrogen-bond donors (Lipinski definition) is 1. The number of hydrogen-bond acceptors (Lipinski definition) is 3. The van der Waals surface area contributed by atoms with E-state index in [0.717, 1.165) is 28.3 Å². The van der Waals surface area contributed by atoms with Crippen LogP contribution in [0.2, 0.25) is 0 Å². The van der Waals surface area contributed by atoms with Gasteiger partial charge in [-0.2, -0.15) is 0 Å². The Labute approximate surface area is 378 Å².